The normalized spacial score (nSPS) is 25.9. The van der Waals surface area contributed by atoms with E-state index in [1.807, 2.05) is 24.3 Å². The Bertz CT molecular complexity index is 831. The molecule has 0 saturated heterocycles. The minimum Gasteiger partial charge on any atom is -0.206 e. The van der Waals surface area contributed by atoms with Gasteiger partial charge in [-0.1, -0.05) is 70.2 Å². The van der Waals surface area contributed by atoms with Crippen LogP contribution >= 0.6 is 0 Å². The first kappa shape index (κ1) is 22.5. The van der Waals surface area contributed by atoms with Crippen LogP contribution in [0.3, 0.4) is 0 Å². The number of halogens is 2. The molecule has 4 unspecified atom stereocenters. The van der Waals surface area contributed by atoms with Gasteiger partial charge in [0.05, 0.1) is 5.56 Å². The fourth-order valence-corrected chi connectivity index (χ4v) is 6.25. The van der Waals surface area contributed by atoms with Gasteiger partial charge < -0.3 is 0 Å². The third-order valence-corrected chi connectivity index (χ3v) is 8.12. The van der Waals surface area contributed by atoms with Gasteiger partial charge >= 0.3 is 0 Å². The van der Waals surface area contributed by atoms with Gasteiger partial charge in [-0.05, 0) is 91.0 Å². The molecule has 0 radical (unpaired) electrons. The lowest BCUT2D eigenvalue weighted by molar-refractivity contribution is 0.113. The first-order chi connectivity index (χ1) is 15.1. The molecule has 168 valence electrons. The minimum absolute atomic E-state index is 0.118. The second kappa shape index (κ2) is 10.3. The maximum Gasteiger partial charge on any atom is 0.134 e. The molecule has 0 bridgehead atoms. The average molecular weight is 425 g/mol. The van der Waals surface area contributed by atoms with Gasteiger partial charge in [-0.2, -0.15) is 0 Å². The Labute approximate surface area is 187 Å². The lowest BCUT2D eigenvalue weighted by Gasteiger charge is -2.42. The highest BCUT2D eigenvalue weighted by molar-refractivity contribution is 5.65. The van der Waals surface area contributed by atoms with E-state index in [0.717, 1.165) is 42.6 Å². The number of rotatable bonds is 7. The van der Waals surface area contributed by atoms with Crippen molar-refractivity contribution < 1.29 is 8.78 Å². The van der Waals surface area contributed by atoms with Crippen LogP contribution in [-0.2, 0) is 6.42 Å². The first-order valence-corrected chi connectivity index (χ1v) is 12.7. The molecule has 2 fully saturated rings. The van der Waals surface area contributed by atoms with E-state index in [-0.39, 0.29) is 5.56 Å². The Hall–Kier alpha value is -1.70. The van der Waals surface area contributed by atoms with E-state index in [9.17, 15) is 0 Å². The van der Waals surface area contributed by atoms with Crippen LogP contribution in [0.25, 0.3) is 11.1 Å². The van der Waals surface area contributed by atoms with Crippen molar-refractivity contribution in [3.05, 3.63) is 59.2 Å². The fraction of sp³-hybridized carbons (Fsp3) is 0.586. The van der Waals surface area contributed by atoms with Crippen molar-refractivity contribution in [1.29, 1.82) is 0 Å². The van der Waals surface area contributed by atoms with Crippen LogP contribution in [0.1, 0.15) is 95.1 Å². The Morgan fingerprint density at radius 2 is 1.48 bits per heavy atom. The second-order valence-electron chi connectivity index (χ2n) is 10.1. The van der Waals surface area contributed by atoms with Gasteiger partial charge in [-0.3, -0.25) is 0 Å². The second-order valence-corrected chi connectivity index (χ2v) is 10.1. The molecule has 0 aromatic heterocycles. The lowest BCUT2D eigenvalue weighted by Crippen LogP contribution is -2.30. The van der Waals surface area contributed by atoms with Crippen LogP contribution in [0.4, 0.5) is 8.78 Å². The number of benzene rings is 2. The van der Waals surface area contributed by atoms with E-state index in [2.05, 4.69) is 13.8 Å². The summed E-state index contributed by atoms with van der Waals surface area (Å²) < 4.78 is 30.1. The molecular formula is C29H38F2. The average Bonchev–Trinajstić information content (AvgIpc) is 2.79. The standard InChI is InChI=1S/C29H38F2/c1-3-5-6-7-21-10-13-24-17-25(15-14-23(24)16-21)26-18-27(30)29(28(31)19-26)22-11-8-20(4-2)9-12-22/h8-9,11-12,18-19,21,23-25H,3-7,10,13-17H2,1-2H3. The summed E-state index contributed by atoms with van der Waals surface area (Å²) in [5.41, 5.74) is 2.79. The summed E-state index contributed by atoms with van der Waals surface area (Å²) in [4.78, 5) is 0. The van der Waals surface area contributed by atoms with Gasteiger partial charge in [0.1, 0.15) is 11.6 Å². The number of unbranched alkanes of at least 4 members (excludes halogenated alkanes) is 2. The van der Waals surface area contributed by atoms with Crippen molar-refractivity contribution >= 4 is 0 Å². The molecule has 2 aliphatic carbocycles. The summed E-state index contributed by atoms with van der Waals surface area (Å²) in [6.07, 6.45) is 13.8. The van der Waals surface area contributed by atoms with Gasteiger partial charge in [0.15, 0.2) is 0 Å². The third kappa shape index (κ3) is 5.21. The van der Waals surface area contributed by atoms with E-state index in [0.29, 0.717) is 11.5 Å². The molecule has 0 N–H and O–H groups in total. The zero-order valence-electron chi connectivity index (χ0n) is 19.3. The summed E-state index contributed by atoms with van der Waals surface area (Å²) in [5.74, 6) is 1.97. The minimum atomic E-state index is -0.416. The monoisotopic (exact) mass is 424 g/mol. The molecule has 4 atom stereocenters. The zero-order valence-corrected chi connectivity index (χ0v) is 19.3. The van der Waals surface area contributed by atoms with Crippen molar-refractivity contribution in [2.24, 2.45) is 17.8 Å². The summed E-state index contributed by atoms with van der Waals surface area (Å²) in [6.45, 7) is 4.36. The smallest absolute Gasteiger partial charge is 0.134 e. The van der Waals surface area contributed by atoms with Crippen LogP contribution in [0, 0.1) is 29.4 Å². The summed E-state index contributed by atoms with van der Waals surface area (Å²) in [7, 11) is 0. The first-order valence-electron chi connectivity index (χ1n) is 12.7. The van der Waals surface area contributed by atoms with Gasteiger partial charge in [-0.15, -0.1) is 0 Å². The Balaban J connectivity index is 1.43. The van der Waals surface area contributed by atoms with Gasteiger partial charge in [-0.25, -0.2) is 8.78 Å². The quantitative estimate of drug-likeness (QED) is 0.389. The van der Waals surface area contributed by atoms with Crippen LogP contribution < -0.4 is 0 Å². The number of hydrogen-bond acceptors (Lipinski definition) is 0. The van der Waals surface area contributed by atoms with Crippen LogP contribution in [0.2, 0.25) is 0 Å². The van der Waals surface area contributed by atoms with E-state index in [1.54, 1.807) is 12.1 Å². The van der Waals surface area contributed by atoms with Gasteiger partial charge in [0, 0.05) is 0 Å². The van der Waals surface area contributed by atoms with E-state index in [4.69, 9.17) is 0 Å². The Kier molecular flexibility index (Phi) is 7.46. The highest BCUT2D eigenvalue weighted by Gasteiger charge is 2.36. The molecule has 31 heavy (non-hydrogen) atoms. The molecule has 2 heteroatoms. The van der Waals surface area contributed by atoms with Gasteiger partial charge in [0.2, 0.25) is 0 Å². The highest BCUT2D eigenvalue weighted by atomic mass is 19.1. The molecule has 4 rings (SSSR count). The number of hydrogen-bond donors (Lipinski definition) is 0. The molecule has 0 nitrogen and oxygen atoms in total. The summed E-state index contributed by atoms with van der Waals surface area (Å²) in [5, 5.41) is 0. The van der Waals surface area contributed by atoms with Crippen LogP contribution in [-0.4, -0.2) is 0 Å². The van der Waals surface area contributed by atoms with Crippen molar-refractivity contribution in [3.8, 4) is 11.1 Å². The SMILES string of the molecule is CCCCCC1CCC2CC(c3cc(F)c(-c4ccc(CC)cc4)c(F)c3)CCC2C1. The maximum atomic E-state index is 15.0. The van der Waals surface area contributed by atoms with E-state index in [1.165, 1.54) is 56.9 Å². The van der Waals surface area contributed by atoms with Gasteiger partial charge in [0.25, 0.3) is 0 Å². The molecule has 2 aromatic rings. The number of fused-ring (bicyclic) bond motifs is 1. The maximum absolute atomic E-state index is 15.0. The third-order valence-electron chi connectivity index (χ3n) is 8.12. The van der Waals surface area contributed by atoms with Crippen molar-refractivity contribution in [2.75, 3.05) is 0 Å². The lowest BCUT2D eigenvalue weighted by atomic mass is 9.63. The molecule has 0 aliphatic heterocycles. The molecule has 2 aliphatic rings. The zero-order chi connectivity index (χ0) is 21.8. The predicted molar refractivity (Wildman–Crippen MR) is 126 cm³/mol. The fourth-order valence-electron chi connectivity index (χ4n) is 6.25. The topological polar surface area (TPSA) is 0 Å². The summed E-state index contributed by atoms with van der Waals surface area (Å²) >= 11 is 0. The molecule has 0 heterocycles. The van der Waals surface area contributed by atoms with Crippen LogP contribution in [0.5, 0.6) is 0 Å². The molecule has 2 aromatic carbocycles. The van der Waals surface area contributed by atoms with Crippen molar-refractivity contribution in [1.82, 2.24) is 0 Å². The van der Waals surface area contributed by atoms with E-state index < -0.39 is 11.6 Å². The predicted octanol–water partition coefficient (Wildman–Crippen LogP) is 9.07. The van der Waals surface area contributed by atoms with E-state index >= 15 is 8.78 Å². The Morgan fingerprint density at radius 3 is 2.16 bits per heavy atom. The molecule has 2 saturated carbocycles. The Morgan fingerprint density at radius 1 is 0.806 bits per heavy atom. The highest BCUT2D eigenvalue weighted by Crippen LogP contribution is 2.48. The molecule has 0 spiro atoms. The number of aryl methyl sites for hydroxylation is 1. The molecular weight excluding hydrogens is 386 g/mol. The molecule has 0 amide bonds. The van der Waals surface area contributed by atoms with Crippen molar-refractivity contribution in [2.45, 2.75) is 90.4 Å². The van der Waals surface area contributed by atoms with Crippen LogP contribution in [0.15, 0.2) is 36.4 Å². The largest absolute Gasteiger partial charge is 0.206 e. The summed E-state index contributed by atoms with van der Waals surface area (Å²) in [6, 6.07) is 10.8. The van der Waals surface area contributed by atoms with Crippen molar-refractivity contribution in [3.63, 3.8) is 0 Å².